The lowest BCUT2D eigenvalue weighted by Crippen LogP contribution is -2.54. The molecule has 1 aromatic rings. The molecule has 4 aliphatic carbocycles. The maximum Gasteiger partial charge on any atom is 0.165 e. The number of aliphatic hydroxyl groups is 1. The molecule has 4 aliphatic rings. The topological polar surface area (TPSA) is 55.1 Å². The van der Waals surface area contributed by atoms with Gasteiger partial charge in [-0.15, -0.1) is 0 Å². The van der Waals surface area contributed by atoms with Crippen molar-refractivity contribution in [3.05, 3.63) is 23.5 Å². The van der Waals surface area contributed by atoms with Crippen LogP contribution in [0.25, 0.3) is 6.08 Å². The number of ketones is 1. The Hall–Kier alpha value is -1.42. The second-order valence-corrected chi connectivity index (χ2v) is 10.7. The highest BCUT2D eigenvalue weighted by Crippen LogP contribution is 2.66. The highest BCUT2D eigenvalue weighted by Gasteiger charge is 2.61. The second-order valence-electron chi connectivity index (χ2n) is 10.7. The Balaban J connectivity index is 1.45. The number of allylic oxidation sites excluding steroid dienone is 1. The van der Waals surface area contributed by atoms with Crippen LogP contribution in [-0.2, 0) is 11.8 Å². The molecule has 1 aromatic heterocycles. The van der Waals surface area contributed by atoms with Crippen LogP contribution in [0.5, 0.6) is 0 Å². The molecule has 1 N–H and O–H groups in total. The Kier molecular flexibility index (Phi) is 4.18. The minimum atomic E-state index is -0.174. The summed E-state index contributed by atoms with van der Waals surface area (Å²) in [7, 11) is 1.92. The van der Waals surface area contributed by atoms with E-state index in [2.05, 4.69) is 25.0 Å². The van der Waals surface area contributed by atoms with E-state index in [4.69, 9.17) is 0 Å². The molecule has 0 spiro atoms. The summed E-state index contributed by atoms with van der Waals surface area (Å²) in [6.45, 7) is 4.76. The first kappa shape index (κ1) is 18.6. The van der Waals surface area contributed by atoms with Crippen LogP contribution in [0.4, 0.5) is 0 Å². The first-order chi connectivity index (χ1) is 13.3. The van der Waals surface area contributed by atoms with Crippen LogP contribution in [0.15, 0.2) is 18.0 Å². The first-order valence-corrected chi connectivity index (χ1v) is 11.2. The zero-order valence-electron chi connectivity index (χ0n) is 17.5. The van der Waals surface area contributed by atoms with E-state index in [1.54, 1.807) is 4.68 Å². The summed E-state index contributed by atoms with van der Waals surface area (Å²) in [5.41, 5.74) is 2.25. The molecule has 7 atom stereocenters. The molecule has 0 amide bonds. The number of fused-ring (bicyclic) bond motifs is 5. The number of Topliss-reactive ketones (excluding diaryl/α,β-unsaturated/α-hetero) is 1. The van der Waals surface area contributed by atoms with E-state index in [-0.39, 0.29) is 11.5 Å². The Morgan fingerprint density at radius 3 is 2.75 bits per heavy atom. The predicted octanol–water partition coefficient (Wildman–Crippen LogP) is 4.39. The van der Waals surface area contributed by atoms with Crippen LogP contribution in [0.1, 0.15) is 70.8 Å². The van der Waals surface area contributed by atoms with Gasteiger partial charge in [-0.2, -0.15) is 5.10 Å². The Morgan fingerprint density at radius 2 is 2.00 bits per heavy atom. The number of aromatic nitrogens is 2. The third-order valence-corrected chi connectivity index (χ3v) is 9.34. The fraction of sp³-hybridized carbons (Fsp3) is 0.750. The molecule has 4 saturated carbocycles. The van der Waals surface area contributed by atoms with E-state index in [1.807, 2.05) is 19.4 Å². The molecule has 0 radical (unpaired) electrons. The van der Waals surface area contributed by atoms with Gasteiger partial charge in [0.15, 0.2) is 5.78 Å². The average Bonchev–Trinajstić information content (AvgIpc) is 3.18. The molecule has 0 bridgehead atoms. The lowest BCUT2D eigenvalue weighted by Gasteiger charge is -2.59. The number of aryl methyl sites for hydroxylation is 1. The van der Waals surface area contributed by atoms with Crippen molar-refractivity contribution >= 4 is 11.9 Å². The standard InChI is InChI=1S/C24H34N2O2/c1-23-8-6-18(27)12-17(23)4-5-19-20(23)7-9-24(2)21(19)11-16(22(24)28)10-15-13-25-26(3)14-15/h10,13-14,17-21,27H,4-9,11-12H2,1-3H3/b16-10+/t17-,18+,19+,20-,21-,23+,24+/m1/s1. The van der Waals surface area contributed by atoms with Crippen molar-refractivity contribution in [2.45, 2.75) is 71.3 Å². The van der Waals surface area contributed by atoms with Crippen LogP contribution in [0, 0.1) is 34.5 Å². The SMILES string of the molecule is Cn1cc(/C=C2\C[C@@H]3[C@H]4CC[C@@H]5C[C@@H](O)CC[C@]5(C)[C@@H]4CC[C@]3(C)C2=O)cn1. The zero-order chi connectivity index (χ0) is 19.7. The third-order valence-electron chi connectivity index (χ3n) is 9.34. The molecular weight excluding hydrogens is 348 g/mol. The van der Waals surface area contributed by atoms with Gasteiger partial charge in [-0.3, -0.25) is 9.48 Å². The van der Waals surface area contributed by atoms with E-state index in [0.717, 1.165) is 49.2 Å². The monoisotopic (exact) mass is 382 g/mol. The minimum Gasteiger partial charge on any atom is -0.393 e. The molecule has 4 fully saturated rings. The van der Waals surface area contributed by atoms with Crippen LogP contribution in [0.3, 0.4) is 0 Å². The maximum atomic E-state index is 13.4. The first-order valence-electron chi connectivity index (χ1n) is 11.2. The summed E-state index contributed by atoms with van der Waals surface area (Å²) in [4.78, 5) is 13.4. The Bertz CT molecular complexity index is 826. The van der Waals surface area contributed by atoms with Gasteiger partial charge in [0.05, 0.1) is 12.3 Å². The van der Waals surface area contributed by atoms with Crippen LogP contribution >= 0.6 is 0 Å². The van der Waals surface area contributed by atoms with Crippen LogP contribution < -0.4 is 0 Å². The summed E-state index contributed by atoms with van der Waals surface area (Å²) >= 11 is 0. The third kappa shape index (κ3) is 2.59. The van der Waals surface area contributed by atoms with Crippen molar-refractivity contribution in [2.75, 3.05) is 0 Å². The van der Waals surface area contributed by atoms with Crippen LogP contribution in [0.2, 0.25) is 0 Å². The van der Waals surface area contributed by atoms with Gasteiger partial charge < -0.3 is 5.11 Å². The van der Waals surface area contributed by atoms with Gasteiger partial charge in [0.2, 0.25) is 0 Å². The number of nitrogens with zero attached hydrogens (tertiary/aromatic N) is 2. The normalized spacial score (nSPS) is 46.9. The van der Waals surface area contributed by atoms with E-state index in [1.165, 1.54) is 19.3 Å². The number of carbonyl (C=O) groups is 1. The van der Waals surface area contributed by atoms with Crippen molar-refractivity contribution in [3.8, 4) is 0 Å². The predicted molar refractivity (Wildman–Crippen MR) is 109 cm³/mol. The fourth-order valence-corrected chi connectivity index (χ4v) is 7.75. The second kappa shape index (κ2) is 6.29. The van der Waals surface area contributed by atoms with Crippen molar-refractivity contribution < 1.29 is 9.90 Å². The Labute approximate surface area is 168 Å². The quantitative estimate of drug-likeness (QED) is 0.733. The van der Waals surface area contributed by atoms with Gasteiger partial charge >= 0.3 is 0 Å². The summed E-state index contributed by atoms with van der Waals surface area (Å²) in [6, 6.07) is 0. The molecule has 4 nitrogen and oxygen atoms in total. The van der Waals surface area contributed by atoms with E-state index >= 15 is 0 Å². The number of aliphatic hydroxyl groups excluding tert-OH is 1. The molecule has 152 valence electrons. The molecule has 0 saturated heterocycles. The molecule has 5 rings (SSSR count). The average molecular weight is 383 g/mol. The summed E-state index contributed by atoms with van der Waals surface area (Å²) in [6.07, 6.45) is 14.6. The van der Waals surface area contributed by atoms with Gasteiger partial charge in [0.25, 0.3) is 0 Å². The molecule has 0 aromatic carbocycles. The minimum absolute atomic E-state index is 0.0921. The van der Waals surface area contributed by atoms with Gasteiger partial charge in [-0.05, 0) is 92.1 Å². The van der Waals surface area contributed by atoms with Gasteiger partial charge in [0.1, 0.15) is 0 Å². The highest BCUT2D eigenvalue weighted by atomic mass is 16.3. The van der Waals surface area contributed by atoms with E-state index in [0.29, 0.717) is 29.0 Å². The van der Waals surface area contributed by atoms with Crippen molar-refractivity contribution in [1.29, 1.82) is 0 Å². The number of rotatable bonds is 1. The number of carbonyl (C=O) groups excluding carboxylic acids is 1. The van der Waals surface area contributed by atoms with Gasteiger partial charge in [0, 0.05) is 24.2 Å². The zero-order valence-corrected chi connectivity index (χ0v) is 17.5. The van der Waals surface area contributed by atoms with E-state index < -0.39 is 0 Å². The fourth-order valence-electron chi connectivity index (χ4n) is 7.75. The molecule has 0 aliphatic heterocycles. The highest BCUT2D eigenvalue weighted by molar-refractivity contribution is 6.05. The molecule has 0 unspecified atom stereocenters. The van der Waals surface area contributed by atoms with Crippen molar-refractivity contribution in [2.24, 2.45) is 41.5 Å². The Morgan fingerprint density at radius 1 is 1.18 bits per heavy atom. The number of hydrogen-bond acceptors (Lipinski definition) is 3. The largest absolute Gasteiger partial charge is 0.393 e. The molecule has 1 heterocycles. The lowest BCUT2D eigenvalue weighted by atomic mass is 9.45. The summed E-state index contributed by atoms with van der Waals surface area (Å²) in [5.74, 6) is 2.95. The van der Waals surface area contributed by atoms with Gasteiger partial charge in [-0.1, -0.05) is 13.8 Å². The van der Waals surface area contributed by atoms with Crippen molar-refractivity contribution in [3.63, 3.8) is 0 Å². The maximum absolute atomic E-state index is 13.4. The smallest absolute Gasteiger partial charge is 0.165 e. The molecule has 4 heteroatoms. The number of hydrogen-bond donors (Lipinski definition) is 1. The van der Waals surface area contributed by atoms with Gasteiger partial charge in [-0.25, -0.2) is 0 Å². The molecular formula is C24H34N2O2. The van der Waals surface area contributed by atoms with Crippen LogP contribution in [-0.4, -0.2) is 26.8 Å². The van der Waals surface area contributed by atoms with Crippen molar-refractivity contribution in [1.82, 2.24) is 9.78 Å². The lowest BCUT2D eigenvalue weighted by molar-refractivity contribution is -0.141. The van der Waals surface area contributed by atoms with E-state index in [9.17, 15) is 9.90 Å². The summed E-state index contributed by atoms with van der Waals surface area (Å²) in [5, 5.41) is 14.5. The molecule has 28 heavy (non-hydrogen) atoms. The summed E-state index contributed by atoms with van der Waals surface area (Å²) < 4.78 is 1.80.